The number of hydrogen-bond donors (Lipinski definition) is 1. The Kier molecular flexibility index (Phi) is 2.25. The first-order valence-electron chi connectivity index (χ1n) is 3.38. The predicted molar refractivity (Wildman–Crippen MR) is 41.8 cm³/mol. The quantitative estimate of drug-likeness (QED) is 0.651. The topological polar surface area (TPSA) is 44.0 Å². The summed E-state index contributed by atoms with van der Waals surface area (Å²) in [6.45, 7) is 1.90. The molecule has 2 heteroatoms. The minimum Gasteiger partial charge on any atom is -0.392 e. The first-order valence-corrected chi connectivity index (χ1v) is 3.38. The Hall–Kier alpha value is -1.33. The zero-order chi connectivity index (χ0) is 8.27. The fourth-order valence-electron chi connectivity index (χ4n) is 1.02. The number of aryl methyl sites for hydroxylation is 1. The molecule has 1 aromatic carbocycles. The Labute approximate surface area is 65.7 Å². The standard InChI is InChI=1S/C9H9NO/c1-7-2-8(5-10)4-9(3-7)6-11/h2-4,11H,6H2,1H3. The monoisotopic (exact) mass is 147 g/mol. The van der Waals surface area contributed by atoms with Gasteiger partial charge in [0.05, 0.1) is 18.2 Å². The molecule has 0 radical (unpaired) electrons. The van der Waals surface area contributed by atoms with Crippen molar-refractivity contribution < 1.29 is 5.11 Å². The summed E-state index contributed by atoms with van der Waals surface area (Å²) in [5, 5.41) is 17.3. The number of nitrogens with zero attached hydrogens (tertiary/aromatic N) is 1. The highest BCUT2D eigenvalue weighted by molar-refractivity contribution is 5.36. The summed E-state index contributed by atoms with van der Waals surface area (Å²) < 4.78 is 0. The van der Waals surface area contributed by atoms with Gasteiger partial charge in [-0.1, -0.05) is 6.07 Å². The molecule has 0 atom stereocenters. The van der Waals surface area contributed by atoms with Gasteiger partial charge in [-0.2, -0.15) is 5.26 Å². The first kappa shape index (κ1) is 7.77. The predicted octanol–water partition coefficient (Wildman–Crippen LogP) is 1.36. The van der Waals surface area contributed by atoms with E-state index in [1.165, 1.54) is 0 Å². The van der Waals surface area contributed by atoms with Crippen molar-refractivity contribution >= 4 is 0 Å². The van der Waals surface area contributed by atoms with Crippen molar-refractivity contribution in [3.8, 4) is 6.07 Å². The van der Waals surface area contributed by atoms with Gasteiger partial charge in [0.25, 0.3) is 0 Å². The van der Waals surface area contributed by atoms with Crippen LogP contribution in [0.1, 0.15) is 16.7 Å². The lowest BCUT2D eigenvalue weighted by Gasteiger charge is -1.98. The molecule has 0 aliphatic rings. The molecule has 0 aromatic heterocycles. The summed E-state index contributed by atoms with van der Waals surface area (Å²) >= 11 is 0. The van der Waals surface area contributed by atoms with Gasteiger partial charge in [0.2, 0.25) is 0 Å². The Morgan fingerprint density at radius 1 is 1.45 bits per heavy atom. The zero-order valence-corrected chi connectivity index (χ0v) is 6.33. The molecule has 56 valence electrons. The third-order valence-corrected chi connectivity index (χ3v) is 1.45. The summed E-state index contributed by atoms with van der Waals surface area (Å²) in [7, 11) is 0. The van der Waals surface area contributed by atoms with E-state index in [9.17, 15) is 0 Å². The van der Waals surface area contributed by atoms with Gasteiger partial charge in [-0.05, 0) is 30.2 Å². The highest BCUT2D eigenvalue weighted by Gasteiger charge is 1.95. The maximum absolute atomic E-state index is 8.77. The van der Waals surface area contributed by atoms with E-state index >= 15 is 0 Å². The van der Waals surface area contributed by atoms with Crippen LogP contribution in [-0.4, -0.2) is 5.11 Å². The zero-order valence-electron chi connectivity index (χ0n) is 6.33. The van der Waals surface area contributed by atoms with Crippen LogP contribution in [0.5, 0.6) is 0 Å². The molecular formula is C9H9NO. The molecule has 1 rings (SSSR count). The second kappa shape index (κ2) is 3.18. The van der Waals surface area contributed by atoms with Gasteiger partial charge in [-0.15, -0.1) is 0 Å². The first-order chi connectivity index (χ1) is 5.26. The molecule has 1 N–H and O–H groups in total. The lowest BCUT2D eigenvalue weighted by molar-refractivity contribution is 0.281. The van der Waals surface area contributed by atoms with Crippen LogP contribution in [0.15, 0.2) is 18.2 Å². The second-order valence-electron chi connectivity index (χ2n) is 2.48. The van der Waals surface area contributed by atoms with E-state index in [0.29, 0.717) is 5.56 Å². The number of rotatable bonds is 1. The van der Waals surface area contributed by atoms with Crippen molar-refractivity contribution in [1.29, 1.82) is 5.26 Å². The third kappa shape index (κ3) is 1.79. The van der Waals surface area contributed by atoms with Crippen molar-refractivity contribution in [3.63, 3.8) is 0 Å². The van der Waals surface area contributed by atoms with Crippen molar-refractivity contribution in [1.82, 2.24) is 0 Å². The fourth-order valence-corrected chi connectivity index (χ4v) is 1.02. The molecule has 0 saturated heterocycles. The van der Waals surface area contributed by atoms with Crippen LogP contribution in [0.3, 0.4) is 0 Å². The Balaban J connectivity index is 3.15. The summed E-state index contributed by atoms with van der Waals surface area (Å²) in [5.41, 5.74) is 2.41. The highest BCUT2D eigenvalue weighted by atomic mass is 16.3. The van der Waals surface area contributed by atoms with Crippen LogP contribution in [0, 0.1) is 18.3 Å². The smallest absolute Gasteiger partial charge is 0.0991 e. The van der Waals surface area contributed by atoms with Gasteiger partial charge in [0.15, 0.2) is 0 Å². The van der Waals surface area contributed by atoms with Crippen molar-refractivity contribution in [2.75, 3.05) is 0 Å². The second-order valence-corrected chi connectivity index (χ2v) is 2.48. The molecule has 0 unspecified atom stereocenters. The van der Waals surface area contributed by atoms with E-state index in [2.05, 4.69) is 0 Å². The van der Waals surface area contributed by atoms with Crippen molar-refractivity contribution in [3.05, 3.63) is 34.9 Å². The average Bonchev–Trinajstić information content (AvgIpc) is 2.03. The number of hydrogen-bond acceptors (Lipinski definition) is 2. The molecule has 0 saturated carbocycles. The van der Waals surface area contributed by atoms with Gasteiger partial charge in [-0.25, -0.2) is 0 Å². The molecule has 0 spiro atoms. The van der Waals surface area contributed by atoms with Crippen molar-refractivity contribution in [2.45, 2.75) is 13.5 Å². The number of benzene rings is 1. The molecule has 0 aliphatic heterocycles. The van der Waals surface area contributed by atoms with Gasteiger partial charge in [0, 0.05) is 0 Å². The lowest BCUT2D eigenvalue weighted by Crippen LogP contribution is -1.86. The highest BCUT2D eigenvalue weighted by Crippen LogP contribution is 2.08. The third-order valence-electron chi connectivity index (χ3n) is 1.45. The Bertz CT molecular complexity index is 299. The number of nitriles is 1. The van der Waals surface area contributed by atoms with Gasteiger partial charge >= 0.3 is 0 Å². The normalized spacial score (nSPS) is 9.18. The van der Waals surface area contributed by atoms with E-state index in [0.717, 1.165) is 11.1 Å². The van der Waals surface area contributed by atoms with E-state index < -0.39 is 0 Å². The Morgan fingerprint density at radius 3 is 2.73 bits per heavy atom. The van der Waals surface area contributed by atoms with Gasteiger partial charge < -0.3 is 5.11 Å². The maximum atomic E-state index is 8.77. The van der Waals surface area contributed by atoms with E-state index in [1.54, 1.807) is 12.1 Å². The van der Waals surface area contributed by atoms with Gasteiger partial charge in [0.1, 0.15) is 0 Å². The van der Waals surface area contributed by atoms with Crippen LogP contribution in [-0.2, 0) is 6.61 Å². The molecular weight excluding hydrogens is 138 g/mol. The molecule has 0 amide bonds. The van der Waals surface area contributed by atoms with Crippen LogP contribution in [0.4, 0.5) is 0 Å². The van der Waals surface area contributed by atoms with Crippen LogP contribution in [0.25, 0.3) is 0 Å². The molecule has 1 aromatic rings. The van der Waals surface area contributed by atoms with Crippen LogP contribution in [0.2, 0.25) is 0 Å². The van der Waals surface area contributed by atoms with E-state index in [-0.39, 0.29) is 6.61 Å². The summed E-state index contributed by atoms with van der Waals surface area (Å²) in [6.07, 6.45) is 0. The minimum atomic E-state index is -0.00361. The SMILES string of the molecule is Cc1cc(C#N)cc(CO)c1. The number of aliphatic hydroxyl groups is 1. The Morgan fingerprint density at radius 2 is 2.18 bits per heavy atom. The molecule has 2 nitrogen and oxygen atoms in total. The van der Waals surface area contributed by atoms with Crippen LogP contribution >= 0.6 is 0 Å². The maximum Gasteiger partial charge on any atom is 0.0991 e. The van der Waals surface area contributed by atoms with Crippen molar-refractivity contribution in [2.24, 2.45) is 0 Å². The number of aliphatic hydroxyl groups excluding tert-OH is 1. The summed E-state index contributed by atoms with van der Waals surface area (Å²) in [4.78, 5) is 0. The fraction of sp³-hybridized carbons (Fsp3) is 0.222. The molecule has 0 heterocycles. The van der Waals surface area contributed by atoms with E-state index in [4.69, 9.17) is 10.4 Å². The largest absolute Gasteiger partial charge is 0.392 e. The minimum absolute atomic E-state index is 0.00361. The summed E-state index contributed by atoms with van der Waals surface area (Å²) in [5.74, 6) is 0. The van der Waals surface area contributed by atoms with Crippen LogP contribution < -0.4 is 0 Å². The van der Waals surface area contributed by atoms with E-state index in [1.807, 2.05) is 19.1 Å². The molecule has 0 fully saturated rings. The summed E-state index contributed by atoms with van der Waals surface area (Å²) in [6, 6.07) is 7.37. The lowest BCUT2D eigenvalue weighted by atomic mass is 10.1. The average molecular weight is 147 g/mol. The molecule has 0 bridgehead atoms. The molecule has 0 aliphatic carbocycles. The molecule has 11 heavy (non-hydrogen) atoms. The van der Waals surface area contributed by atoms with Gasteiger partial charge in [-0.3, -0.25) is 0 Å².